The Bertz CT molecular complexity index is 935. The van der Waals surface area contributed by atoms with E-state index in [4.69, 9.17) is 9.84 Å². The summed E-state index contributed by atoms with van der Waals surface area (Å²) in [5, 5.41) is 29.0. The predicted molar refractivity (Wildman–Crippen MR) is 137 cm³/mol. The molecule has 0 aliphatic heterocycles. The Hall–Kier alpha value is -2.14. The molecule has 4 nitrogen and oxygen atoms in total. The van der Waals surface area contributed by atoms with Gasteiger partial charge in [-0.15, -0.1) is 0 Å². The predicted octanol–water partition coefficient (Wildman–Crippen LogP) is 5.56. The number of rotatable bonds is 10. The average Bonchev–Trinajstić information content (AvgIpc) is 2.78. The number of benzene rings is 2. The van der Waals surface area contributed by atoms with E-state index >= 15 is 0 Å². The molecule has 2 unspecified atom stereocenters. The second-order valence-electron chi connectivity index (χ2n) is 10.2. The van der Waals surface area contributed by atoms with Crippen molar-refractivity contribution in [1.29, 1.82) is 0 Å². The molecule has 2 atom stereocenters. The second kappa shape index (κ2) is 11.3. The lowest BCUT2D eigenvalue weighted by molar-refractivity contribution is 0.0534. The zero-order valence-corrected chi connectivity index (χ0v) is 21.4. The van der Waals surface area contributed by atoms with Crippen LogP contribution in [0.3, 0.4) is 0 Å². The highest BCUT2D eigenvalue weighted by Gasteiger charge is 2.31. The van der Waals surface area contributed by atoms with Crippen LogP contribution in [0.15, 0.2) is 42.5 Å². The molecule has 182 valence electrons. The van der Waals surface area contributed by atoms with Crippen molar-refractivity contribution in [2.45, 2.75) is 78.9 Å². The summed E-state index contributed by atoms with van der Waals surface area (Å²) < 4.78 is 5.70. The Morgan fingerprint density at radius 2 is 1.48 bits per heavy atom. The molecule has 4 heteroatoms. The van der Waals surface area contributed by atoms with E-state index in [1.807, 2.05) is 45.9 Å². The molecule has 0 spiro atoms. The first kappa shape index (κ1) is 27.1. The van der Waals surface area contributed by atoms with Gasteiger partial charge in [0.15, 0.2) is 0 Å². The van der Waals surface area contributed by atoms with E-state index in [2.05, 4.69) is 51.1 Å². The van der Waals surface area contributed by atoms with Crippen LogP contribution in [0.25, 0.3) is 6.08 Å². The molecule has 2 rings (SSSR count). The van der Waals surface area contributed by atoms with E-state index in [-0.39, 0.29) is 24.0 Å². The lowest BCUT2D eigenvalue weighted by Crippen LogP contribution is -2.26. The summed E-state index contributed by atoms with van der Waals surface area (Å²) in [6.45, 7) is 14.4. The Kier molecular flexibility index (Phi) is 9.30. The summed E-state index contributed by atoms with van der Waals surface area (Å²) in [5.41, 5.74) is 5.53. The van der Waals surface area contributed by atoms with Crippen LogP contribution in [0.4, 0.5) is 0 Å². The van der Waals surface area contributed by atoms with Gasteiger partial charge in [0.25, 0.3) is 0 Å². The van der Waals surface area contributed by atoms with Gasteiger partial charge in [0.05, 0.1) is 12.7 Å². The highest BCUT2D eigenvalue weighted by atomic mass is 16.5. The number of ether oxygens (including phenoxy) is 1. The molecule has 0 aliphatic rings. The van der Waals surface area contributed by atoms with Crippen molar-refractivity contribution in [3.63, 3.8) is 0 Å². The third kappa shape index (κ3) is 6.47. The maximum absolute atomic E-state index is 10.4. The first-order valence-corrected chi connectivity index (χ1v) is 12.0. The smallest absolute Gasteiger partial charge is 0.122 e. The van der Waals surface area contributed by atoms with Gasteiger partial charge in [0.2, 0.25) is 0 Å². The highest BCUT2D eigenvalue weighted by molar-refractivity contribution is 5.57. The summed E-state index contributed by atoms with van der Waals surface area (Å²) in [6.07, 6.45) is 4.45. The summed E-state index contributed by atoms with van der Waals surface area (Å²) in [5.74, 6) is 0.724. The van der Waals surface area contributed by atoms with Crippen LogP contribution in [0.5, 0.6) is 5.75 Å². The van der Waals surface area contributed by atoms with E-state index in [1.165, 1.54) is 16.7 Å². The zero-order valence-electron chi connectivity index (χ0n) is 21.4. The minimum atomic E-state index is -0.880. The van der Waals surface area contributed by atoms with Crippen molar-refractivity contribution in [1.82, 2.24) is 0 Å². The Morgan fingerprint density at radius 3 is 1.97 bits per heavy atom. The number of aliphatic hydroxyl groups excluding tert-OH is 3. The maximum atomic E-state index is 10.4. The topological polar surface area (TPSA) is 69.9 Å². The molecule has 0 amide bonds. The van der Waals surface area contributed by atoms with Gasteiger partial charge < -0.3 is 20.1 Å². The Balaban J connectivity index is 2.38. The molecule has 0 saturated carbocycles. The van der Waals surface area contributed by atoms with Crippen LogP contribution in [-0.4, -0.2) is 40.7 Å². The monoisotopic (exact) mass is 454 g/mol. The van der Waals surface area contributed by atoms with E-state index in [0.717, 1.165) is 29.7 Å². The largest absolute Gasteiger partial charge is 0.491 e. The van der Waals surface area contributed by atoms with E-state index in [9.17, 15) is 10.2 Å². The molecule has 0 radical (unpaired) electrons. The van der Waals surface area contributed by atoms with E-state index in [0.29, 0.717) is 0 Å². The normalized spacial score (nSPS) is 14.5. The van der Waals surface area contributed by atoms with Crippen LogP contribution in [0.1, 0.15) is 75.3 Å². The minimum Gasteiger partial charge on any atom is -0.491 e. The van der Waals surface area contributed by atoms with Gasteiger partial charge in [-0.1, -0.05) is 77.1 Å². The molecule has 2 aromatic carbocycles. The fraction of sp³-hybridized carbons (Fsp3) is 0.517. The first-order chi connectivity index (χ1) is 15.5. The molecule has 33 heavy (non-hydrogen) atoms. The fourth-order valence-corrected chi connectivity index (χ4v) is 4.22. The SMILES string of the molecule is CCC(CC)(c1ccc(C=CC(O)C(C)(C)C)c(C)c1)c1ccc(OCC(O)CO)c(C)c1. The van der Waals surface area contributed by atoms with E-state index in [1.54, 1.807) is 0 Å². The Morgan fingerprint density at radius 1 is 0.909 bits per heavy atom. The van der Waals surface area contributed by atoms with Gasteiger partial charge in [0.1, 0.15) is 18.5 Å². The summed E-state index contributed by atoms with van der Waals surface area (Å²) in [4.78, 5) is 0. The van der Waals surface area contributed by atoms with Gasteiger partial charge in [-0.25, -0.2) is 0 Å². The Labute approximate surface area is 199 Å². The first-order valence-electron chi connectivity index (χ1n) is 12.0. The average molecular weight is 455 g/mol. The lowest BCUT2D eigenvalue weighted by Gasteiger charge is -2.34. The van der Waals surface area contributed by atoms with Crippen molar-refractivity contribution in [2.75, 3.05) is 13.2 Å². The van der Waals surface area contributed by atoms with Crippen LogP contribution in [0, 0.1) is 19.3 Å². The molecular formula is C29H42O4. The summed E-state index contributed by atoms with van der Waals surface area (Å²) in [6, 6.07) is 12.9. The third-order valence-electron chi connectivity index (χ3n) is 6.74. The van der Waals surface area contributed by atoms with Crippen molar-refractivity contribution in [2.24, 2.45) is 5.41 Å². The quantitative estimate of drug-likeness (QED) is 0.439. The molecular weight excluding hydrogens is 412 g/mol. The van der Waals surface area contributed by atoms with Crippen LogP contribution < -0.4 is 4.74 Å². The zero-order chi connectivity index (χ0) is 24.8. The number of hydrogen-bond acceptors (Lipinski definition) is 4. The van der Waals surface area contributed by atoms with Gasteiger partial charge in [-0.3, -0.25) is 0 Å². The van der Waals surface area contributed by atoms with Gasteiger partial charge in [0, 0.05) is 5.41 Å². The van der Waals surface area contributed by atoms with Crippen molar-refractivity contribution < 1.29 is 20.1 Å². The molecule has 0 heterocycles. The molecule has 0 saturated heterocycles. The van der Waals surface area contributed by atoms with Gasteiger partial charge >= 0.3 is 0 Å². The molecule has 0 fully saturated rings. The number of hydrogen-bond donors (Lipinski definition) is 3. The molecule has 0 aromatic heterocycles. The molecule has 0 bridgehead atoms. The number of aryl methyl sites for hydroxylation is 2. The highest BCUT2D eigenvalue weighted by Crippen LogP contribution is 2.41. The van der Waals surface area contributed by atoms with Crippen LogP contribution in [-0.2, 0) is 5.41 Å². The molecule has 0 aliphatic carbocycles. The van der Waals surface area contributed by atoms with Gasteiger partial charge in [-0.2, -0.15) is 0 Å². The minimum absolute atomic E-state index is 0.0709. The number of aliphatic hydroxyl groups is 3. The molecule has 2 aromatic rings. The fourth-order valence-electron chi connectivity index (χ4n) is 4.22. The third-order valence-corrected chi connectivity index (χ3v) is 6.74. The van der Waals surface area contributed by atoms with Crippen LogP contribution in [0.2, 0.25) is 0 Å². The second-order valence-corrected chi connectivity index (χ2v) is 10.2. The van der Waals surface area contributed by atoms with Crippen molar-refractivity contribution >= 4 is 6.08 Å². The van der Waals surface area contributed by atoms with Crippen LogP contribution >= 0.6 is 0 Å². The maximum Gasteiger partial charge on any atom is 0.122 e. The van der Waals surface area contributed by atoms with Gasteiger partial charge in [-0.05, 0) is 66.0 Å². The standard InChI is InChI=1S/C29H42O4/c1-8-29(9-2,24-13-14-26(21(4)17-24)33-19-25(31)18-30)23-12-10-22(20(3)16-23)11-15-27(32)28(5,6)7/h10-17,25,27,30-32H,8-9,18-19H2,1-7H3. The summed E-state index contributed by atoms with van der Waals surface area (Å²) >= 11 is 0. The molecule has 3 N–H and O–H groups in total. The summed E-state index contributed by atoms with van der Waals surface area (Å²) in [7, 11) is 0. The van der Waals surface area contributed by atoms with Crippen molar-refractivity contribution in [3.05, 3.63) is 70.3 Å². The van der Waals surface area contributed by atoms with Crippen molar-refractivity contribution in [3.8, 4) is 5.75 Å². The lowest BCUT2D eigenvalue weighted by atomic mass is 9.70. The van der Waals surface area contributed by atoms with E-state index < -0.39 is 12.2 Å².